The normalized spacial score (nSPS) is 18.3. The molecule has 160 valence electrons. The molecular weight excluding hydrogens is 410 g/mol. The highest BCUT2D eigenvalue weighted by atomic mass is 32.1. The van der Waals surface area contributed by atoms with E-state index >= 15 is 0 Å². The average Bonchev–Trinajstić information content (AvgIpc) is 3.50. The molecule has 3 aromatic rings. The lowest BCUT2D eigenvalue weighted by Crippen LogP contribution is -2.32. The average molecular weight is 436 g/mol. The lowest BCUT2D eigenvalue weighted by Gasteiger charge is -2.24. The summed E-state index contributed by atoms with van der Waals surface area (Å²) in [5, 5.41) is 10.4. The molecule has 2 aromatic heterocycles. The number of hydrogen-bond donors (Lipinski definition) is 1. The van der Waals surface area contributed by atoms with Crippen molar-refractivity contribution in [1.29, 1.82) is 0 Å². The predicted molar refractivity (Wildman–Crippen MR) is 119 cm³/mol. The number of hydrogen-bond acceptors (Lipinski definition) is 5. The number of rotatable bonds is 6. The second-order valence-corrected chi connectivity index (χ2v) is 8.99. The number of fused-ring (bicyclic) bond motifs is 1. The Morgan fingerprint density at radius 1 is 1.19 bits per heavy atom. The molecule has 1 fully saturated rings. The van der Waals surface area contributed by atoms with E-state index in [9.17, 15) is 9.59 Å². The van der Waals surface area contributed by atoms with E-state index < -0.39 is 0 Å². The van der Waals surface area contributed by atoms with Crippen molar-refractivity contribution in [3.05, 3.63) is 64.4 Å². The molecule has 2 amide bonds. The van der Waals surface area contributed by atoms with Crippen molar-refractivity contribution in [2.75, 3.05) is 11.4 Å². The van der Waals surface area contributed by atoms with E-state index in [1.807, 2.05) is 29.8 Å². The van der Waals surface area contributed by atoms with E-state index in [1.54, 1.807) is 4.90 Å². The van der Waals surface area contributed by atoms with E-state index in [4.69, 9.17) is 0 Å². The number of nitrogens with zero attached hydrogens (tertiary/aromatic N) is 4. The van der Waals surface area contributed by atoms with Crippen LogP contribution in [0.5, 0.6) is 0 Å². The van der Waals surface area contributed by atoms with Gasteiger partial charge in [-0.2, -0.15) is 5.10 Å². The third-order valence-corrected chi connectivity index (χ3v) is 6.87. The van der Waals surface area contributed by atoms with Gasteiger partial charge in [0.15, 0.2) is 5.13 Å². The zero-order valence-corrected chi connectivity index (χ0v) is 18.1. The molecule has 3 heterocycles. The van der Waals surface area contributed by atoms with Crippen LogP contribution in [0.4, 0.5) is 5.13 Å². The Kier molecular flexibility index (Phi) is 5.55. The summed E-state index contributed by atoms with van der Waals surface area (Å²) in [5.41, 5.74) is 4.27. The van der Waals surface area contributed by atoms with Gasteiger partial charge in [0.1, 0.15) is 0 Å². The van der Waals surface area contributed by atoms with E-state index in [2.05, 4.69) is 32.2 Å². The minimum Gasteiger partial charge on any atom is -0.349 e. The van der Waals surface area contributed by atoms with Crippen molar-refractivity contribution < 1.29 is 9.59 Å². The molecule has 1 N–H and O–H groups in total. The monoisotopic (exact) mass is 435 g/mol. The standard InChI is InChI=1S/C23H25N5O2S/c29-21(12-17-15-31-23(25-17)27-11-5-10-22(27)30)26-19-8-4-9-20-18(19)13-24-28(20)14-16-6-2-1-3-7-16/h1-3,6-7,13,15,19H,4-5,8-12,14H2,(H,26,29). The number of anilines is 1. The fourth-order valence-electron chi connectivity index (χ4n) is 4.42. The van der Waals surface area contributed by atoms with E-state index in [0.717, 1.165) is 44.3 Å². The second-order valence-electron chi connectivity index (χ2n) is 8.15. The smallest absolute Gasteiger partial charge is 0.228 e. The number of amides is 2. The molecule has 0 bridgehead atoms. The zero-order valence-electron chi connectivity index (χ0n) is 17.3. The van der Waals surface area contributed by atoms with Crippen LogP contribution in [-0.2, 0) is 29.0 Å². The second kappa shape index (κ2) is 8.63. The molecule has 2 aliphatic rings. The highest BCUT2D eigenvalue weighted by Gasteiger charge is 2.27. The first-order chi connectivity index (χ1) is 15.2. The molecule has 1 aromatic carbocycles. The molecule has 1 unspecified atom stereocenters. The summed E-state index contributed by atoms with van der Waals surface area (Å²) < 4.78 is 2.06. The Labute approximate surface area is 185 Å². The number of benzene rings is 1. The SMILES string of the molecule is O=C(Cc1csc(N2CCCC2=O)n1)NC1CCCc2c1cnn2Cc1ccccc1. The minimum atomic E-state index is -0.0433. The van der Waals surface area contributed by atoms with Crippen LogP contribution in [0.3, 0.4) is 0 Å². The highest BCUT2D eigenvalue weighted by molar-refractivity contribution is 7.14. The molecule has 0 saturated carbocycles. The molecule has 1 aliphatic carbocycles. The van der Waals surface area contributed by atoms with Gasteiger partial charge in [-0.25, -0.2) is 4.98 Å². The number of thiazole rings is 1. The van der Waals surface area contributed by atoms with Crippen molar-refractivity contribution in [1.82, 2.24) is 20.1 Å². The van der Waals surface area contributed by atoms with E-state index in [1.165, 1.54) is 22.6 Å². The van der Waals surface area contributed by atoms with Gasteiger partial charge in [0.05, 0.1) is 30.9 Å². The lowest BCUT2D eigenvalue weighted by molar-refractivity contribution is -0.121. The van der Waals surface area contributed by atoms with Crippen molar-refractivity contribution in [3.8, 4) is 0 Å². The number of nitrogens with one attached hydrogen (secondary N) is 1. The Balaban J connectivity index is 1.24. The number of carbonyl (C=O) groups excluding carboxylic acids is 2. The topological polar surface area (TPSA) is 80.1 Å². The maximum atomic E-state index is 12.7. The summed E-state index contributed by atoms with van der Waals surface area (Å²) in [6.07, 6.45) is 6.50. The molecule has 1 aliphatic heterocycles. The van der Waals surface area contributed by atoms with Crippen molar-refractivity contribution >= 4 is 28.3 Å². The molecule has 8 heteroatoms. The predicted octanol–water partition coefficient (Wildman–Crippen LogP) is 3.25. The van der Waals surface area contributed by atoms with E-state index in [-0.39, 0.29) is 24.3 Å². The fourth-order valence-corrected chi connectivity index (χ4v) is 5.29. The first-order valence-electron chi connectivity index (χ1n) is 10.8. The third-order valence-electron chi connectivity index (χ3n) is 5.96. The molecule has 0 radical (unpaired) electrons. The van der Waals surface area contributed by atoms with Crippen LogP contribution >= 0.6 is 11.3 Å². The molecular formula is C23H25N5O2S. The lowest BCUT2D eigenvalue weighted by atomic mass is 9.92. The van der Waals surface area contributed by atoms with Gasteiger partial charge in [-0.15, -0.1) is 11.3 Å². The minimum absolute atomic E-state index is 0.0148. The molecule has 1 saturated heterocycles. The van der Waals surface area contributed by atoms with Crippen molar-refractivity contribution in [2.24, 2.45) is 0 Å². The van der Waals surface area contributed by atoms with Gasteiger partial charge >= 0.3 is 0 Å². The highest BCUT2D eigenvalue weighted by Crippen LogP contribution is 2.30. The van der Waals surface area contributed by atoms with Crippen LogP contribution < -0.4 is 10.2 Å². The summed E-state index contributed by atoms with van der Waals surface area (Å²) in [6.45, 7) is 1.46. The molecule has 1 atom stereocenters. The van der Waals surface area contributed by atoms with Crippen molar-refractivity contribution in [3.63, 3.8) is 0 Å². The molecule has 7 nitrogen and oxygen atoms in total. The van der Waals surface area contributed by atoms with Crippen LogP contribution in [0.1, 0.15) is 54.2 Å². The van der Waals surface area contributed by atoms with Gasteiger partial charge in [0.25, 0.3) is 0 Å². The van der Waals surface area contributed by atoms with Gasteiger partial charge in [-0.1, -0.05) is 30.3 Å². The first-order valence-corrected chi connectivity index (χ1v) is 11.7. The first kappa shape index (κ1) is 19.9. The largest absolute Gasteiger partial charge is 0.349 e. The number of carbonyl (C=O) groups is 2. The van der Waals surface area contributed by atoms with Gasteiger partial charge in [0.2, 0.25) is 11.8 Å². The number of aromatic nitrogens is 3. The summed E-state index contributed by atoms with van der Waals surface area (Å²) in [4.78, 5) is 30.9. The maximum Gasteiger partial charge on any atom is 0.228 e. The molecule has 0 spiro atoms. The maximum absolute atomic E-state index is 12.7. The van der Waals surface area contributed by atoms with Crippen LogP contribution in [0.15, 0.2) is 41.9 Å². The summed E-state index contributed by atoms with van der Waals surface area (Å²) in [5.74, 6) is 0.0749. The van der Waals surface area contributed by atoms with Gasteiger partial charge < -0.3 is 5.32 Å². The van der Waals surface area contributed by atoms with E-state index in [0.29, 0.717) is 17.2 Å². The summed E-state index contributed by atoms with van der Waals surface area (Å²) in [7, 11) is 0. The Hall–Kier alpha value is -3.00. The van der Waals surface area contributed by atoms with Crippen LogP contribution in [0.25, 0.3) is 0 Å². The quantitative estimate of drug-likeness (QED) is 0.645. The Morgan fingerprint density at radius 3 is 2.87 bits per heavy atom. The third kappa shape index (κ3) is 4.25. The van der Waals surface area contributed by atoms with Crippen LogP contribution in [0, 0.1) is 0 Å². The Morgan fingerprint density at radius 2 is 2.06 bits per heavy atom. The molecule has 31 heavy (non-hydrogen) atoms. The van der Waals surface area contributed by atoms with Crippen molar-refractivity contribution in [2.45, 2.75) is 51.1 Å². The fraction of sp³-hybridized carbons (Fsp3) is 0.391. The summed E-state index contributed by atoms with van der Waals surface area (Å²) in [6, 6.07) is 10.3. The van der Waals surface area contributed by atoms with Gasteiger partial charge in [-0.3, -0.25) is 19.2 Å². The van der Waals surface area contributed by atoms with Crippen LogP contribution in [-0.4, -0.2) is 33.1 Å². The zero-order chi connectivity index (χ0) is 21.2. The van der Waals surface area contributed by atoms with Crippen LogP contribution in [0.2, 0.25) is 0 Å². The van der Waals surface area contributed by atoms with Gasteiger partial charge in [0, 0.05) is 29.6 Å². The van der Waals surface area contributed by atoms with Gasteiger partial charge in [-0.05, 0) is 31.2 Å². The Bertz CT molecular complexity index is 1090. The summed E-state index contributed by atoms with van der Waals surface area (Å²) >= 11 is 1.43. The molecule has 5 rings (SSSR count).